The van der Waals surface area contributed by atoms with Gasteiger partial charge < -0.3 is 10.1 Å². The lowest BCUT2D eigenvalue weighted by Crippen LogP contribution is -2.42. The zero-order valence-corrected chi connectivity index (χ0v) is 18.0. The molecule has 29 heavy (non-hydrogen) atoms. The minimum atomic E-state index is -3.59. The number of carbonyl (C=O) groups excluding carboxylic acids is 1. The first-order valence-corrected chi connectivity index (χ1v) is 11.7. The maximum absolute atomic E-state index is 12.8. The molecule has 1 aliphatic rings. The highest BCUT2D eigenvalue weighted by Crippen LogP contribution is 2.32. The van der Waals surface area contributed by atoms with Gasteiger partial charge in [0, 0.05) is 0 Å². The molecule has 156 valence electrons. The van der Waals surface area contributed by atoms with Gasteiger partial charge in [0.25, 0.3) is 0 Å². The summed E-state index contributed by atoms with van der Waals surface area (Å²) in [4.78, 5) is 12.8. The molecule has 7 heteroatoms. The van der Waals surface area contributed by atoms with E-state index in [-0.39, 0.29) is 18.5 Å². The van der Waals surface area contributed by atoms with Gasteiger partial charge >= 0.3 is 0 Å². The highest BCUT2D eigenvalue weighted by molar-refractivity contribution is 7.92. The van der Waals surface area contributed by atoms with Crippen molar-refractivity contribution in [3.63, 3.8) is 0 Å². The van der Waals surface area contributed by atoms with Gasteiger partial charge in [-0.3, -0.25) is 9.10 Å². The van der Waals surface area contributed by atoms with Crippen LogP contribution in [-0.4, -0.2) is 34.2 Å². The predicted molar refractivity (Wildman–Crippen MR) is 115 cm³/mol. The normalized spacial score (nSPS) is 16.0. The van der Waals surface area contributed by atoms with Gasteiger partial charge in [0.05, 0.1) is 25.1 Å². The van der Waals surface area contributed by atoms with Crippen LogP contribution in [0.5, 0.6) is 5.75 Å². The Kier molecular flexibility index (Phi) is 6.47. The predicted octanol–water partition coefficient (Wildman–Crippen LogP) is 3.22. The number of nitrogens with one attached hydrogen (secondary N) is 1. The van der Waals surface area contributed by atoms with Crippen molar-refractivity contribution in [3.05, 3.63) is 59.2 Å². The van der Waals surface area contributed by atoms with E-state index < -0.39 is 10.0 Å². The van der Waals surface area contributed by atoms with Gasteiger partial charge in [0.15, 0.2) is 0 Å². The van der Waals surface area contributed by atoms with E-state index in [2.05, 4.69) is 5.32 Å². The summed E-state index contributed by atoms with van der Waals surface area (Å²) in [6, 6.07) is 13.0. The number of rotatable bonds is 7. The molecule has 3 rings (SSSR count). The summed E-state index contributed by atoms with van der Waals surface area (Å²) in [5, 5.41) is 3.02. The number of amides is 1. The lowest BCUT2D eigenvalue weighted by Gasteiger charge is -2.28. The second-order valence-corrected chi connectivity index (χ2v) is 9.27. The van der Waals surface area contributed by atoms with Crippen LogP contribution in [0.2, 0.25) is 0 Å². The molecule has 0 fully saturated rings. The van der Waals surface area contributed by atoms with Crippen molar-refractivity contribution in [1.29, 1.82) is 0 Å². The Labute approximate surface area is 172 Å². The second-order valence-electron chi connectivity index (χ2n) is 7.37. The van der Waals surface area contributed by atoms with Gasteiger partial charge in [-0.2, -0.15) is 0 Å². The van der Waals surface area contributed by atoms with Gasteiger partial charge in [-0.15, -0.1) is 0 Å². The number of aryl methyl sites for hydroxylation is 2. The van der Waals surface area contributed by atoms with Crippen molar-refractivity contribution in [3.8, 4) is 5.75 Å². The van der Waals surface area contributed by atoms with E-state index in [1.165, 1.54) is 0 Å². The van der Waals surface area contributed by atoms with E-state index in [0.717, 1.165) is 58.7 Å². The third kappa shape index (κ3) is 5.09. The van der Waals surface area contributed by atoms with Crippen LogP contribution >= 0.6 is 0 Å². The maximum atomic E-state index is 12.8. The highest BCUT2D eigenvalue weighted by Gasteiger charge is 2.25. The number of carbonyl (C=O) groups is 1. The number of hydrogen-bond donors (Lipinski definition) is 1. The average Bonchev–Trinajstić information content (AvgIpc) is 2.71. The van der Waals surface area contributed by atoms with Crippen molar-refractivity contribution >= 4 is 21.6 Å². The summed E-state index contributed by atoms with van der Waals surface area (Å²) < 4.78 is 31.1. The Morgan fingerprint density at radius 1 is 1.21 bits per heavy atom. The molecule has 1 unspecified atom stereocenters. The first kappa shape index (κ1) is 21.2. The molecular weight excluding hydrogens is 388 g/mol. The Morgan fingerprint density at radius 3 is 2.55 bits per heavy atom. The van der Waals surface area contributed by atoms with E-state index in [0.29, 0.717) is 5.69 Å². The van der Waals surface area contributed by atoms with Crippen molar-refractivity contribution in [2.45, 2.75) is 38.6 Å². The first-order chi connectivity index (χ1) is 13.8. The van der Waals surface area contributed by atoms with Crippen molar-refractivity contribution in [1.82, 2.24) is 5.32 Å². The molecule has 1 amide bonds. The minimum absolute atomic E-state index is 0.124. The average molecular weight is 417 g/mol. The Hall–Kier alpha value is -2.54. The summed E-state index contributed by atoms with van der Waals surface area (Å²) in [5.74, 6) is 0.484. The summed E-state index contributed by atoms with van der Waals surface area (Å²) in [5.41, 5.74) is 3.84. The number of sulfonamides is 1. The van der Waals surface area contributed by atoms with Crippen molar-refractivity contribution in [2.75, 3.05) is 24.2 Å². The monoisotopic (exact) mass is 416 g/mol. The smallest absolute Gasteiger partial charge is 0.241 e. The molecular formula is C22H28N2O4S. The molecule has 1 aliphatic carbocycles. The molecule has 1 N–H and O–H groups in total. The molecule has 0 bridgehead atoms. The van der Waals surface area contributed by atoms with Crippen molar-refractivity contribution in [2.24, 2.45) is 0 Å². The van der Waals surface area contributed by atoms with Crippen LogP contribution in [0.4, 0.5) is 5.69 Å². The second kappa shape index (κ2) is 8.86. The number of fused-ring (bicyclic) bond motifs is 1. The molecule has 0 saturated carbocycles. The van der Waals surface area contributed by atoms with E-state index in [4.69, 9.17) is 4.74 Å². The number of nitrogens with zero attached hydrogens (tertiary/aromatic N) is 1. The molecule has 2 aromatic carbocycles. The number of benzene rings is 2. The van der Waals surface area contributed by atoms with Crippen molar-refractivity contribution < 1.29 is 17.9 Å². The highest BCUT2D eigenvalue weighted by atomic mass is 32.2. The number of methoxy groups -OCH3 is 1. The number of anilines is 1. The summed E-state index contributed by atoms with van der Waals surface area (Å²) in [6.45, 7) is 1.79. The molecule has 0 saturated heterocycles. The van der Waals surface area contributed by atoms with Crippen LogP contribution in [0.15, 0.2) is 42.5 Å². The summed E-state index contributed by atoms with van der Waals surface area (Å²) in [7, 11) is -1.95. The maximum Gasteiger partial charge on any atom is 0.241 e. The van der Waals surface area contributed by atoms with Gasteiger partial charge in [0.2, 0.25) is 15.9 Å². The van der Waals surface area contributed by atoms with Gasteiger partial charge in [-0.05, 0) is 66.6 Å². The molecule has 1 atom stereocenters. The van der Waals surface area contributed by atoms with E-state index in [1.54, 1.807) is 19.2 Å². The molecule has 6 nitrogen and oxygen atoms in total. The lowest BCUT2D eigenvalue weighted by molar-refractivity contribution is -0.120. The zero-order chi connectivity index (χ0) is 21.0. The molecule has 0 aliphatic heterocycles. The SMILES string of the molecule is CCc1ccc(N(CC(=O)NC2CCCc3cc(OC)ccc32)S(C)(=O)=O)cc1. The van der Waals surface area contributed by atoms with Crippen LogP contribution in [0.3, 0.4) is 0 Å². The summed E-state index contributed by atoms with van der Waals surface area (Å²) >= 11 is 0. The van der Waals surface area contributed by atoms with Gasteiger partial charge in [-0.1, -0.05) is 25.1 Å². The Balaban J connectivity index is 1.76. The molecule has 0 radical (unpaired) electrons. The van der Waals surface area contributed by atoms with E-state index in [1.807, 2.05) is 37.3 Å². The topological polar surface area (TPSA) is 75.7 Å². The van der Waals surface area contributed by atoms with E-state index in [9.17, 15) is 13.2 Å². The van der Waals surface area contributed by atoms with Crippen LogP contribution in [0.25, 0.3) is 0 Å². The largest absolute Gasteiger partial charge is 0.497 e. The number of hydrogen-bond acceptors (Lipinski definition) is 4. The van der Waals surface area contributed by atoms with Crippen LogP contribution in [0, 0.1) is 0 Å². The van der Waals surface area contributed by atoms with Crippen LogP contribution < -0.4 is 14.4 Å². The fraction of sp³-hybridized carbons (Fsp3) is 0.409. The number of ether oxygens (including phenoxy) is 1. The van der Waals surface area contributed by atoms with E-state index >= 15 is 0 Å². The Bertz CT molecular complexity index is 971. The molecule has 2 aromatic rings. The van der Waals surface area contributed by atoms with Gasteiger partial charge in [-0.25, -0.2) is 8.42 Å². The fourth-order valence-electron chi connectivity index (χ4n) is 3.74. The van der Waals surface area contributed by atoms with Gasteiger partial charge in [0.1, 0.15) is 12.3 Å². The third-order valence-corrected chi connectivity index (χ3v) is 6.46. The van der Waals surface area contributed by atoms with Crippen LogP contribution in [0.1, 0.15) is 42.5 Å². The molecule has 0 aromatic heterocycles. The first-order valence-electron chi connectivity index (χ1n) is 9.84. The van der Waals surface area contributed by atoms with Crippen LogP contribution in [-0.2, 0) is 27.7 Å². The quantitative estimate of drug-likeness (QED) is 0.752. The minimum Gasteiger partial charge on any atom is -0.497 e. The molecule has 0 heterocycles. The summed E-state index contributed by atoms with van der Waals surface area (Å²) in [6.07, 6.45) is 4.72. The standard InChI is InChI=1S/C22H28N2O4S/c1-4-16-8-10-18(11-9-16)24(29(3,26)27)15-22(25)23-21-7-5-6-17-14-19(28-2)12-13-20(17)21/h8-14,21H,4-7,15H2,1-3H3,(H,23,25). The fourth-order valence-corrected chi connectivity index (χ4v) is 4.59. The third-order valence-electron chi connectivity index (χ3n) is 5.32. The Morgan fingerprint density at radius 2 is 1.93 bits per heavy atom. The molecule has 0 spiro atoms. The zero-order valence-electron chi connectivity index (χ0n) is 17.1. The lowest BCUT2D eigenvalue weighted by atomic mass is 9.87.